The van der Waals surface area contributed by atoms with Crippen LogP contribution < -0.4 is 0 Å². The van der Waals surface area contributed by atoms with Gasteiger partial charge < -0.3 is 40.1 Å². The van der Waals surface area contributed by atoms with E-state index >= 15 is 0 Å². The Morgan fingerprint density at radius 3 is 2.48 bits per heavy atom. The lowest BCUT2D eigenvalue weighted by molar-refractivity contribution is -0.304. The zero-order valence-electron chi connectivity index (χ0n) is 12.5. The Balaban J connectivity index is 2.13. The molecule has 9 heteroatoms. The minimum absolute atomic E-state index is 0.152. The maximum atomic E-state index is 10.0. The number of aliphatic hydroxyl groups excluding tert-OH is 5. The van der Waals surface area contributed by atoms with Gasteiger partial charge in [-0.2, -0.15) is 0 Å². The number of rotatable bonds is 5. The lowest BCUT2D eigenvalue weighted by Crippen LogP contribution is -2.59. The normalized spacial score (nSPS) is 31.3. The fourth-order valence-electron chi connectivity index (χ4n) is 2.35. The van der Waals surface area contributed by atoms with Crippen molar-refractivity contribution in [1.82, 2.24) is 4.98 Å². The van der Waals surface area contributed by atoms with Crippen LogP contribution in [0.25, 0.3) is 0 Å². The minimum atomic E-state index is -1.55. The molecule has 2 heterocycles. The van der Waals surface area contributed by atoms with Gasteiger partial charge in [-0.1, -0.05) is 0 Å². The predicted molar refractivity (Wildman–Crippen MR) is 75.1 cm³/mol. The summed E-state index contributed by atoms with van der Waals surface area (Å²) in [4.78, 5) is 3.91. The number of aromatic hydroxyl groups is 1. The second kappa shape index (κ2) is 7.49. The molecule has 0 unspecified atom stereocenters. The first-order valence-electron chi connectivity index (χ1n) is 7.10. The molecule has 0 aromatic carbocycles. The van der Waals surface area contributed by atoms with Crippen LogP contribution in [-0.4, -0.2) is 72.9 Å². The lowest BCUT2D eigenvalue weighted by Gasteiger charge is -2.39. The highest BCUT2D eigenvalue weighted by Gasteiger charge is 2.44. The summed E-state index contributed by atoms with van der Waals surface area (Å²) in [6, 6.07) is 0. The molecular weight excluding hydrogens is 310 g/mol. The number of aryl methyl sites for hydroxylation is 1. The SMILES string of the molecule is Cc1ncc(CO)c(CO[C@H]2O[C@H](CO)[C@@H](O)[C@H](O)[C@@H]2O)c1O. The van der Waals surface area contributed by atoms with Gasteiger partial charge in [0.2, 0.25) is 0 Å². The molecule has 6 N–H and O–H groups in total. The van der Waals surface area contributed by atoms with Gasteiger partial charge in [-0.3, -0.25) is 4.98 Å². The summed E-state index contributed by atoms with van der Waals surface area (Å²) in [5, 5.41) is 57.7. The van der Waals surface area contributed by atoms with Crippen LogP contribution in [0, 0.1) is 6.92 Å². The third kappa shape index (κ3) is 3.61. The molecule has 0 amide bonds. The van der Waals surface area contributed by atoms with E-state index in [1.165, 1.54) is 6.20 Å². The maximum absolute atomic E-state index is 10.0. The molecule has 1 aliphatic heterocycles. The van der Waals surface area contributed by atoms with E-state index in [4.69, 9.17) is 14.6 Å². The highest BCUT2D eigenvalue weighted by atomic mass is 16.7. The maximum Gasteiger partial charge on any atom is 0.187 e. The molecule has 1 aliphatic rings. The molecule has 1 saturated heterocycles. The molecular formula is C14H21NO8. The van der Waals surface area contributed by atoms with Crippen LogP contribution in [0.1, 0.15) is 16.8 Å². The van der Waals surface area contributed by atoms with Crippen molar-refractivity contribution < 1.29 is 40.1 Å². The molecule has 23 heavy (non-hydrogen) atoms. The number of ether oxygens (including phenoxy) is 2. The average Bonchev–Trinajstić information content (AvgIpc) is 2.55. The van der Waals surface area contributed by atoms with E-state index in [-0.39, 0.29) is 24.5 Å². The number of aliphatic hydroxyl groups is 5. The van der Waals surface area contributed by atoms with E-state index in [2.05, 4.69) is 4.98 Å². The van der Waals surface area contributed by atoms with Crippen molar-refractivity contribution in [3.63, 3.8) is 0 Å². The highest BCUT2D eigenvalue weighted by molar-refractivity contribution is 5.40. The van der Waals surface area contributed by atoms with Crippen molar-refractivity contribution in [2.75, 3.05) is 6.61 Å². The number of pyridine rings is 1. The van der Waals surface area contributed by atoms with Crippen LogP contribution in [0.3, 0.4) is 0 Å². The number of aromatic nitrogens is 1. The van der Waals surface area contributed by atoms with Gasteiger partial charge in [0.15, 0.2) is 6.29 Å². The molecule has 1 fully saturated rings. The quantitative estimate of drug-likeness (QED) is 0.356. The molecule has 0 saturated carbocycles. The third-order valence-electron chi connectivity index (χ3n) is 3.84. The second-order valence-corrected chi connectivity index (χ2v) is 5.36. The van der Waals surface area contributed by atoms with Crippen molar-refractivity contribution >= 4 is 0 Å². The molecule has 0 bridgehead atoms. The van der Waals surface area contributed by atoms with Crippen molar-refractivity contribution in [3.8, 4) is 5.75 Å². The van der Waals surface area contributed by atoms with Crippen molar-refractivity contribution in [3.05, 3.63) is 23.0 Å². The number of hydrogen-bond donors (Lipinski definition) is 6. The fourth-order valence-corrected chi connectivity index (χ4v) is 2.35. The van der Waals surface area contributed by atoms with Gasteiger partial charge in [0.05, 0.1) is 25.5 Å². The highest BCUT2D eigenvalue weighted by Crippen LogP contribution is 2.27. The summed E-state index contributed by atoms with van der Waals surface area (Å²) in [6.07, 6.45) is -5.56. The Hall–Kier alpha value is -1.33. The first kappa shape index (κ1) is 18.0. The molecule has 1 aromatic heterocycles. The second-order valence-electron chi connectivity index (χ2n) is 5.36. The van der Waals surface area contributed by atoms with Crippen LogP contribution in [0.15, 0.2) is 6.20 Å². The summed E-state index contributed by atoms with van der Waals surface area (Å²) in [7, 11) is 0. The van der Waals surface area contributed by atoms with Crippen LogP contribution in [-0.2, 0) is 22.7 Å². The fraction of sp³-hybridized carbons (Fsp3) is 0.643. The van der Waals surface area contributed by atoms with Crippen LogP contribution >= 0.6 is 0 Å². The van der Waals surface area contributed by atoms with Crippen molar-refractivity contribution in [2.24, 2.45) is 0 Å². The molecule has 2 rings (SSSR count). The van der Waals surface area contributed by atoms with Gasteiger partial charge in [0.25, 0.3) is 0 Å². The Morgan fingerprint density at radius 2 is 1.87 bits per heavy atom. The molecule has 1 aromatic rings. The Labute approximate surface area is 132 Å². The van der Waals surface area contributed by atoms with E-state index in [1.807, 2.05) is 0 Å². The first-order chi connectivity index (χ1) is 10.9. The lowest BCUT2D eigenvalue weighted by atomic mass is 9.99. The van der Waals surface area contributed by atoms with Gasteiger partial charge in [-0.25, -0.2) is 0 Å². The number of hydrogen-bond acceptors (Lipinski definition) is 9. The average molecular weight is 331 g/mol. The van der Waals surface area contributed by atoms with E-state index in [0.717, 1.165) is 0 Å². The number of nitrogens with zero attached hydrogens (tertiary/aromatic N) is 1. The van der Waals surface area contributed by atoms with Crippen LogP contribution in [0.5, 0.6) is 5.75 Å². The standard InChI is InChI=1S/C14H21NO8/c1-6-10(18)8(7(3-16)2-15-6)5-22-14-13(21)12(20)11(19)9(4-17)23-14/h2,9,11-14,16-21H,3-5H2,1H3/t9-,11-,12+,13+,14+/m1/s1. The van der Waals surface area contributed by atoms with Gasteiger partial charge in [0, 0.05) is 17.3 Å². The Morgan fingerprint density at radius 1 is 1.17 bits per heavy atom. The van der Waals surface area contributed by atoms with Crippen molar-refractivity contribution in [2.45, 2.75) is 50.8 Å². The van der Waals surface area contributed by atoms with Crippen LogP contribution in [0.4, 0.5) is 0 Å². The van der Waals surface area contributed by atoms with E-state index in [1.54, 1.807) is 6.92 Å². The Bertz CT molecular complexity index is 538. The van der Waals surface area contributed by atoms with Gasteiger partial charge in [0.1, 0.15) is 30.2 Å². The molecule has 130 valence electrons. The van der Waals surface area contributed by atoms with Gasteiger partial charge in [-0.15, -0.1) is 0 Å². The van der Waals surface area contributed by atoms with Crippen molar-refractivity contribution in [1.29, 1.82) is 0 Å². The molecule has 0 aliphatic carbocycles. The largest absolute Gasteiger partial charge is 0.506 e. The first-order valence-corrected chi connectivity index (χ1v) is 7.10. The monoisotopic (exact) mass is 331 g/mol. The zero-order chi connectivity index (χ0) is 17.1. The summed E-state index contributed by atoms with van der Waals surface area (Å²) in [5.74, 6) is -0.152. The minimum Gasteiger partial charge on any atom is -0.506 e. The van der Waals surface area contributed by atoms with E-state index < -0.39 is 37.3 Å². The van der Waals surface area contributed by atoms with E-state index in [0.29, 0.717) is 11.3 Å². The molecule has 0 spiro atoms. The Kier molecular flexibility index (Phi) is 5.87. The molecule has 0 radical (unpaired) electrons. The molecule has 5 atom stereocenters. The zero-order valence-corrected chi connectivity index (χ0v) is 12.5. The van der Waals surface area contributed by atoms with Gasteiger partial charge in [-0.05, 0) is 6.92 Å². The summed E-state index contributed by atoms with van der Waals surface area (Å²) in [5.41, 5.74) is 0.962. The topological polar surface area (TPSA) is 153 Å². The van der Waals surface area contributed by atoms with Crippen LogP contribution in [0.2, 0.25) is 0 Å². The summed E-state index contributed by atoms with van der Waals surface area (Å²) in [6.45, 7) is 0.419. The summed E-state index contributed by atoms with van der Waals surface area (Å²) >= 11 is 0. The third-order valence-corrected chi connectivity index (χ3v) is 3.84. The van der Waals surface area contributed by atoms with E-state index in [9.17, 15) is 25.5 Å². The predicted octanol–water partition coefficient (Wildman–Crippen LogP) is -2.10. The smallest absolute Gasteiger partial charge is 0.187 e. The summed E-state index contributed by atoms with van der Waals surface area (Å²) < 4.78 is 10.6. The molecule has 9 nitrogen and oxygen atoms in total. The van der Waals surface area contributed by atoms with Gasteiger partial charge >= 0.3 is 0 Å².